The van der Waals surface area contributed by atoms with Gasteiger partial charge in [0, 0.05) is 5.02 Å². The minimum atomic E-state index is -3.64. The number of allylic oxidation sites excluding steroid dienone is 1. The zero-order valence-corrected chi connectivity index (χ0v) is 10.2. The van der Waals surface area contributed by atoms with Crippen molar-refractivity contribution in [3.8, 4) is 5.75 Å². The zero-order valence-electron chi connectivity index (χ0n) is 8.63. The zero-order chi connectivity index (χ0) is 12.5. The molecule has 0 spiro atoms. The second-order valence-corrected chi connectivity index (χ2v) is 5.42. The van der Waals surface area contributed by atoms with Gasteiger partial charge in [0.1, 0.15) is 17.3 Å². The maximum Gasteiger partial charge on any atom is 0.284 e. The van der Waals surface area contributed by atoms with Crippen LogP contribution in [0.2, 0.25) is 5.02 Å². The van der Waals surface area contributed by atoms with Gasteiger partial charge in [-0.25, -0.2) is 0 Å². The van der Waals surface area contributed by atoms with Crippen LogP contribution in [0.4, 0.5) is 0 Å². The summed E-state index contributed by atoms with van der Waals surface area (Å²) >= 11 is 5.71. The number of benzene rings is 1. The number of rotatable bonds is 3. The maximum absolute atomic E-state index is 11.4. The third kappa shape index (κ3) is 2.59. The van der Waals surface area contributed by atoms with E-state index in [4.69, 9.17) is 22.1 Å². The molecule has 1 aromatic rings. The fourth-order valence-electron chi connectivity index (χ4n) is 1.25. The Bertz CT molecular complexity index is 590. The molecule has 0 saturated heterocycles. The van der Waals surface area contributed by atoms with Gasteiger partial charge < -0.3 is 10.5 Å². The molecule has 1 heterocycles. The van der Waals surface area contributed by atoms with Crippen LogP contribution in [0, 0.1) is 0 Å². The van der Waals surface area contributed by atoms with Crippen molar-refractivity contribution in [1.29, 1.82) is 0 Å². The van der Waals surface area contributed by atoms with Gasteiger partial charge in [-0.1, -0.05) is 11.6 Å². The van der Waals surface area contributed by atoms with E-state index in [-0.39, 0.29) is 17.2 Å². The highest BCUT2D eigenvalue weighted by atomic mass is 35.5. The molecular weight excluding hydrogens is 264 g/mol. The fourth-order valence-corrected chi connectivity index (χ4v) is 2.31. The van der Waals surface area contributed by atoms with Crippen molar-refractivity contribution in [1.82, 2.24) is 0 Å². The summed E-state index contributed by atoms with van der Waals surface area (Å²) in [6, 6.07) is 6.57. The average molecular weight is 273 g/mol. The maximum atomic E-state index is 11.4. The summed E-state index contributed by atoms with van der Waals surface area (Å²) in [5.41, 5.74) is 5.60. The molecule has 0 bridgehead atoms. The number of nitrogens with zero attached hydrogens (tertiary/aromatic N) is 1. The molecule has 1 aliphatic rings. The standard InChI is InChI=1S/C10H9ClN2O3S/c11-7-1-3-8(4-2-7)16-6-10-9(12)5-13-17(10,14)15/h1-5H,6,12H2. The van der Waals surface area contributed by atoms with Crippen LogP contribution in [0.1, 0.15) is 0 Å². The van der Waals surface area contributed by atoms with E-state index in [0.29, 0.717) is 10.8 Å². The number of halogens is 1. The number of nitrogens with two attached hydrogens (primary N) is 1. The summed E-state index contributed by atoms with van der Waals surface area (Å²) < 4.78 is 31.4. The summed E-state index contributed by atoms with van der Waals surface area (Å²) in [4.78, 5) is -0.0209. The Morgan fingerprint density at radius 3 is 2.47 bits per heavy atom. The summed E-state index contributed by atoms with van der Waals surface area (Å²) in [5, 5.41) is 0.577. The molecule has 0 amide bonds. The van der Waals surface area contributed by atoms with Crippen molar-refractivity contribution < 1.29 is 13.2 Å². The lowest BCUT2D eigenvalue weighted by Crippen LogP contribution is -2.12. The van der Waals surface area contributed by atoms with E-state index in [9.17, 15) is 8.42 Å². The van der Waals surface area contributed by atoms with Crippen molar-refractivity contribution in [2.75, 3.05) is 6.61 Å². The largest absolute Gasteiger partial charge is 0.488 e. The molecule has 2 rings (SSSR count). The predicted octanol–water partition coefficient (Wildman–Crippen LogP) is 1.30. The van der Waals surface area contributed by atoms with Gasteiger partial charge in [0.05, 0.1) is 11.9 Å². The first-order valence-electron chi connectivity index (χ1n) is 4.66. The van der Waals surface area contributed by atoms with E-state index < -0.39 is 10.0 Å². The van der Waals surface area contributed by atoms with Crippen molar-refractivity contribution in [2.45, 2.75) is 0 Å². The van der Waals surface area contributed by atoms with Gasteiger partial charge >= 0.3 is 0 Å². The second kappa shape index (κ2) is 4.38. The molecule has 17 heavy (non-hydrogen) atoms. The average Bonchev–Trinajstić information content (AvgIpc) is 2.53. The van der Waals surface area contributed by atoms with E-state index >= 15 is 0 Å². The normalized spacial score (nSPS) is 17.5. The van der Waals surface area contributed by atoms with Crippen LogP contribution in [-0.4, -0.2) is 21.2 Å². The number of hydrogen-bond acceptors (Lipinski definition) is 4. The molecule has 1 aliphatic heterocycles. The van der Waals surface area contributed by atoms with Crippen molar-refractivity contribution in [3.63, 3.8) is 0 Å². The first kappa shape index (κ1) is 11.9. The highest BCUT2D eigenvalue weighted by Gasteiger charge is 2.24. The van der Waals surface area contributed by atoms with Gasteiger partial charge in [0.15, 0.2) is 0 Å². The Morgan fingerprint density at radius 1 is 1.29 bits per heavy atom. The van der Waals surface area contributed by atoms with Gasteiger partial charge in [-0.15, -0.1) is 0 Å². The summed E-state index contributed by atoms with van der Waals surface area (Å²) in [6.45, 7) is -0.143. The SMILES string of the molecule is NC1=C(COc2ccc(Cl)cc2)S(=O)(=O)N=C1. The molecular formula is C10H9ClN2O3S. The molecule has 0 aliphatic carbocycles. The molecule has 0 atom stereocenters. The lowest BCUT2D eigenvalue weighted by Gasteiger charge is -2.06. The van der Waals surface area contributed by atoms with Gasteiger partial charge in [0.25, 0.3) is 10.0 Å². The van der Waals surface area contributed by atoms with E-state index in [1.54, 1.807) is 24.3 Å². The molecule has 0 aromatic heterocycles. The topological polar surface area (TPSA) is 81.8 Å². The molecule has 0 radical (unpaired) electrons. The van der Waals surface area contributed by atoms with Crippen LogP contribution < -0.4 is 10.5 Å². The lowest BCUT2D eigenvalue weighted by molar-refractivity contribution is 0.357. The first-order chi connectivity index (χ1) is 7.99. The van der Waals surface area contributed by atoms with E-state index in [1.807, 2.05) is 0 Å². The van der Waals surface area contributed by atoms with Crippen LogP contribution in [0.5, 0.6) is 5.75 Å². The van der Waals surface area contributed by atoms with Crippen molar-refractivity contribution in [2.24, 2.45) is 10.1 Å². The summed E-state index contributed by atoms with van der Waals surface area (Å²) in [5.74, 6) is 0.511. The van der Waals surface area contributed by atoms with Crippen LogP contribution in [0.15, 0.2) is 39.3 Å². The number of sulfonamides is 1. The van der Waals surface area contributed by atoms with Gasteiger partial charge in [0.2, 0.25) is 0 Å². The molecule has 90 valence electrons. The van der Waals surface area contributed by atoms with E-state index in [1.165, 1.54) is 0 Å². The monoisotopic (exact) mass is 272 g/mol. The first-order valence-corrected chi connectivity index (χ1v) is 6.48. The number of hydrogen-bond donors (Lipinski definition) is 1. The van der Waals surface area contributed by atoms with Crippen molar-refractivity contribution >= 4 is 27.8 Å². The fraction of sp³-hybridized carbons (Fsp3) is 0.100. The Balaban J connectivity index is 2.10. The van der Waals surface area contributed by atoms with Crippen molar-refractivity contribution in [3.05, 3.63) is 39.9 Å². The Morgan fingerprint density at radius 2 is 1.94 bits per heavy atom. The third-order valence-electron chi connectivity index (χ3n) is 2.15. The van der Waals surface area contributed by atoms with Crippen LogP contribution in [0.25, 0.3) is 0 Å². The van der Waals surface area contributed by atoms with Crippen LogP contribution in [-0.2, 0) is 10.0 Å². The smallest absolute Gasteiger partial charge is 0.284 e. The molecule has 1 aromatic carbocycles. The Kier molecular flexibility index (Phi) is 3.08. The van der Waals surface area contributed by atoms with Gasteiger partial charge in [-0.05, 0) is 24.3 Å². The second-order valence-electron chi connectivity index (χ2n) is 3.33. The van der Waals surface area contributed by atoms with Gasteiger partial charge in [-0.2, -0.15) is 12.8 Å². The quantitative estimate of drug-likeness (QED) is 0.899. The molecule has 0 saturated carbocycles. The summed E-state index contributed by atoms with van der Waals surface area (Å²) in [6.07, 6.45) is 1.11. The van der Waals surface area contributed by atoms with E-state index in [0.717, 1.165) is 6.21 Å². The molecule has 5 nitrogen and oxygen atoms in total. The Hall–Kier alpha value is -1.53. The van der Waals surface area contributed by atoms with Crippen LogP contribution in [0.3, 0.4) is 0 Å². The molecule has 7 heteroatoms. The molecule has 0 unspecified atom stereocenters. The van der Waals surface area contributed by atoms with Crippen LogP contribution >= 0.6 is 11.6 Å². The highest BCUT2D eigenvalue weighted by Crippen LogP contribution is 2.20. The van der Waals surface area contributed by atoms with Gasteiger partial charge in [-0.3, -0.25) is 0 Å². The molecule has 2 N–H and O–H groups in total. The number of ether oxygens (including phenoxy) is 1. The third-order valence-corrected chi connectivity index (χ3v) is 3.76. The lowest BCUT2D eigenvalue weighted by atomic mass is 10.3. The summed E-state index contributed by atoms with van der Waals surface area (Å²) in [7, 11) is -3.64. The molecule has 0 fully saturated rings. The minimum absolute atomic E-state index is 0.0209. The highest BCUT2D eigenvalue weighted by molar-refractivity contribution is 7.94. The Labute approximate surface area is 104 Å². The predicted molar refractivity (Wildman–Crippen MR) is 65.6 cm³/mol. The minimum Gasteiger partial charge on any atom is -0.488 e. The van der Waals surface area contributed by atoms with E-state index in [2.05, 4.69) is 4.40 Å².